The summed E-state index contributed by atoms with van der Waals surface area (Å²) in [7, 11) is 0. The minimum Gasteiger partial charge on any atom is -0.399 e. The lowest BCUT2D eigenvalue weighted by Crippen LogP contribution is -2.07. The molecule has 0 fully saturated rings. The smallest absolute Gasteiger partial charge is 0.124 e. The van der Waals surface area contributed by atoms with Gasteiger partial charge in [0.1, 0.15) is 6.29 Å². The monoisotopic (exact) mass is 271 g/mol. The molecule has 0 unspecified atom stereocenters. The molecule has 0 bridgehead atoms. The fourth-order valence-electron chi connectivity index (χ4n) is 1.93. The van der Waals surface area contributed by atoms with Gasteiger partial charge in [0.15, 0.2) is 0 Å². The van der Waals surface area contributed by atoms with Crippen LogP contribution >= 0.6 is 0 Å². The molecule has 3 rings (SSSR count). The van der Waals surface area contributed by atoms with Crippen LogP contribution in [0.15, 0.2) is 48.5 Å². The third-order valence-electron chi connectivity index (χ3n) is 3.06. The number of aldehydes is 1. The van der Waals surface area contributed by atoms with Gasteiger partial charge in [-0.2, -0.15) is 0 Å². The van der Waals surface area contributed by atoms with Crippen molar-refractivity contribution in [2.24, 2.45) is 0 Å². The molecule has 20 heavy (non-hydrogen) atoms. The van der Waals surface area contributed by atoms with Crippen molar-refractivity contribution in [3.8, 4) is 0 Å². The number of aryl methyl sites for hydroxylation is 2. The van der Waals surface area contributed by atoms with Crippen molar-refractivity contribution in [2.45, 2.75) is 33.1 Å². The Morgan fingerprint density at radius 1 is 1.05 bits per heavy atom. The van der Waals surface area contributed by atoms with E-state index in [4.69, 9.17) is 5.73 Å². The second-order valence-corrected chi connectivity index (χ2v) is 4.38. The summed E-state index contributed by atoms with van der Waals surface area (Å²) in [4.78, 5) is 9.97. The maximum atomic E-state index is 9.97. The highest BCUT2D eigenvalue weighted by atomic mass is 16.1. The highest BCUT2D eigenvalue weighted by Gasteiger charge is 2.11. The van der Waals surface area contributed by atoms with Gasteiger partial charge >= 0.3 is 0 Å². The molecule has 108 valence electrons. The average molecular weight is 271 g/mol. The summed E-state index contributed by atoms with van der Waals surface area (Å²) in [5.41, 5.74) is 10.5. The Morgan fingerprint density at radius 3 is 2.15 bits per heavy atom. The molecule has 0 radical (unpaired) electrons. The zero-order valence-electron chi connectivity index (χ0n) is 12.3. The van der Waals surface area contributed by atoms with Crippen molar-refractivity contribution in [1.82, 2.24) is 0 Å². The zero-order valence-corrected chi connectivity index (χ0v) is 12.3. The topological polar surface area (TPSA) is 43.1 Å². The van der Waals surface area contributed by atoms with Gasteiger partial charge in [0.25, 0.3) is 0 Å². The fourth-order valence-corrected chi connectivity index (χ4v) is 1.93. The van der Waals surface area contributed by atoms with Gasteiger partial charge in [0.05, 0.1) is 0 Å². The number of anilines is 1. The lowest BCUT2D eigenvalue weighted by molar-refractivity contribution is -0.107. The summed E-state index contributed by atoms with van der Waals surface area (Å²) in [6, 6.07) is 15.8. The minimum absolute atomic E-state index is 0. The molecule has 1 aliphatic rings. The Labute approximate surface area is 123 Å². The Morgan fingerprint density at radius 2 is 1.70 bits per heavy atom. The molecule has 0 aromatic heterocycles. The van der Waals surface area contributed by atoms with Crippen molar-refractivity contribution in [3.63, 3.8) is 0 Å². The quantitative estimate of drug-likeness (QED) is 0.661. The molecule has 0 amide bonds. The summed E-state index contributed by atoms with van der Waals surface area (Å²) in [6.45, 7) is 4.00. The lowest BCUT2D eigenvalue weighted by Gasteiger charge is -2.17. The lowest BCUT2D eigenvalue weighted by atomic mass is 9.88. The van der Waals surface area contributed by atoms with E-state index in [2.05, 4.69) is 12.1 Å². The second-order valence-electron chi connectivity index (χ2n) is 4.38. The van der Waals surface area contributed by atoms with Crippen molar-refractivity contribution in [1.29, 1.82) is 0 Å². The third kappa shape index (κ3) is 4.88. The van der Waals surface area contributed by atoms with E-state index >= 15 is 0 Å². The van der Waals surface area contributed by atoms with E-state index in [9.17, 15) is 4.79 Å². The number of fused-ring (bicyclic) bond motifs is 1. The van der Waals surface area contributed by atoms with Gasteiger partial charge in [0.2, 0.25) is 0 Å². The number of hydrogen-bond acceptors (Lipinski definition) is 2. The minimum atomic E-state index is 0. The van der Waals surface area contributed by atoms with Crippen LogP contribution in [0, 0.1) is 0 Å². The van der Waals surface area contributed by atoms with Crippen LogP contribution in [0.25, 0.3) is 0 Å². The number of carbonyl (C=O) groups is 1. The first-order chi connectivity index (χ1) is 9.79. The summed E-state index contributed by atoms with van der Waals surface area (Å²) >= 11 is 0. The summed E-state index contributed by atoms with van der Waals surface area (Å²) in [5, 5.41) is 0. The highest BCUT2D eigenvalue weighted by Crippen LogP contribution is 2.24. The van der Waals surface area contributed by atoms with Crippen molar-refractivity contribution in [3.05, 3.63) is 65.2 Å². The molecular formula is C18H25NO. The van der Waals surface area contributed by atoms with Gasteiger partial charge in [-0.25, -0.2) is 0 Å². The maximum Gasteiger partial charge on any atom is 0.124 e. The van der Waals surface area contributed by atoms with E-state index in [-0.39, 0.29) is 1.43 Å². The largest absolute Gasteiger partial charge is 0.399 e. The van der Waals surface area contributed by atoms with E-state index in [0.717, 1.165) is 17.5 Å². The van der Waals surface area contributed by atoms with Crippen LogP contribution in [0.1, 0.15) is 32.0 Å². The molecule has 1 aliphatic carbocycles. The second kappa shape index (κ2) is 8.92. The van der Waals surface area contributed by atoms with Crippen LogP contribution in [-0.2, 0) is 24.1 Å². The summed E-state index contributed by atoms with van der Waals surface area (Å²) in [5.74, 6) is 0. The van der Waals surface area contributed by atoms with Crippen molar-refractivity contribution in [2.75, 3.05) is 5.73 Å². The van der Waals surface area contributed by atoms with Gasteiger partial charge in [-0.05, 0) is 41.7 Å². The number of nitrogens with two attached hydrogens (primary N) is 1. The molecule has 2 nitrogen and oxygen atoms in total. The normalized spacial score (nSPS) is 10.7. The van der Waals surface area contributed by atoms with Crippen LogP contribution in [0.5, 0.6) is 0 Å². The fraction of sp³-hybridized carbons (Fsp3) is 0.278. The van der Waals surface area contributed by atoms with Crippen LogP contribution in [0.3, 0.4) is 0 Å². The van der Waals surface area contributed by atoms with Crippen LogP contribution in [0.2, 0.25) is 0 Å². The number of nitrogen functional groups attached to an aromatic ring is 1. The van der Waals surface area contributed by atoms with Gasteiger partial charge in [-0.15, -0.1) is 0 Å². The molecule has 0 atom stereocenters. The average Bonchev–Trinajstić information content (AvgIpc) is 2.47. The third-order valence-corrected chi connectivity index (χ3v) is 3.06. The molecule has 2 aromatic rings. The Kier molecular flexibility index (Phi) is 7.12. The predicted molar refractivity (Wildman–Crippen MR) is 87.9 cm³/mol. The van der Waals surface area contributed by atoms with Gasteiger partial charge in [-0.1, -0.05) is 50.2 Å². The molecule has 0 heterocycles. The van der Waals surface area contributed by atoms with Crippen LogP contribution < -0.4 is 5.73 Å². The van der Waals surface area contributed by atoms with E-state index in [0.29, 0.717) is 6.42 Å². The highest BCUT2D eigenvalue weighted by molar-refractivity contribution is 5.54. The van der Waals surface area contributed by atoms with Gasteiger partial charge < -0.3 is 10.5 Å². The molecule has 0 spiro atoms. The number of hydrogen-bond donors (Lipinski definition) is 1. The van der Waals surface area contributed by atoms with E-state index < -0.39 is 0 Å². The first kappa shape index (κ1) is 16.0. The molecule has 2 N–H and O–H groups in total. The standard InChI is InChI=1S/C8H9N.C8H8O.C2H6.H2/c9-8-4-3-6-1-2-7(6)5-8;9-7-6-8-4-2-1-3-5-8;1-2;/h3-5H,1-2,9H2;1-5,7H,6H2;1-2H3;1H. The predicted octanol–water partition coefficient (Wildman–Crippen LogP) is 4.07. The van der Waals surface area contributed by atoms with E-state index in [1.54, 1.807) is 0 Å². The SMILES string of the molecule is CC.Nc1ccc2c(c1)CC2.O=CCc1ccccc1.[HH]. The van der Waals surface area contributed by atoms with Crippen LogP contribution in [0.4, 0.5) is 5.69 Å². The first-order valence-corrected chi connectivity index (χ1v) is 7.14. The molecular weight excluding hydrogens is 246 g/mol. The van der Waals surface area contributed by atoms with Crippen molar-refractivity contribution >= 4 is 12.0 Å². The number of benzene rings is 2. The molecule has 2 aromatic carbocycles. The van der Waals surface area contributed by atoms with E-state index in [1.165, 1.54) is 24.0 Å². The molecule has 2 heteroatoms. The van der Waals surface area contributed by atoms with Crippen LogP contribution in [-0.4, -0.2) is 6.29 Å². The van der Waals surface area contributed by atoms with E-state index in [1.807, 2.05) is 50.2 Å². The molecule has 0 aliphatic heterocycles. The van der Waals surface area contributed by atoms with Crippen molar-refractivity contribution < 1.29 is 6.22 Å². The molecule has 0 saturated carbocycles. The number of carbonyl (C=O) groups excluding carboxylic acids is 1. The van der Waals surface area contributed by atoms with Gasteiger partial charge in [-0.3, -0.25) is 0 Å². The molecule has 0 saturated heterocycles. The summed E-state index contributed by atoms with van der Waals surface area (Å²) in [6.07, 6.45) is 3.91. The zero-order chi connectivity index (χ0) is 14.8. The summed E-state index contributed by atoms with van der Waals surface area (Å²) < 4.78 is 0. The Hall–Kier alpha value is -2.09. The first-order valence-electron chi connectivity index (χ1n) is 7.14. The van der Waals surface area contributed by atoms with Gasteiger partial charge in [0, 0.05) is 13.5 Å². The Bertz CT molecular complexity index is 526. The number of rotatable bonds is 2. The maximum absolute atomic E-state index is 9.97. The Balaban J connectivity index is 0.000000327.